The molecule has 0 aromatic rings. The van der Waals surface area contributed by atoms with Crippen LogP contribution in [0.25, 0.3) is 0 Å². The van der Waals surface area contributed by atoms with E-state index in [9.17, 15) is 0 Å². The third-order valence-corrected chi connectivity index (χ3v) is 9.77. The summed E-state index contributed by atoms with van der Waals surface area (Å²) in [7, 11) is 0. The van der Waals surface area contributed by atoms with E-state index in [1.165, 1.54) is 38.5 Å². The lowest BCUT2D eigenvalue weighted by Gasteiger charge is -2.63. The van der Waals surface area contributed by atoms with Crippen molar-refractivity contribution in [2.75, 3.05) is 0 Å². The maximum Gasteiger partial charge on any atom is 0.163 e. The van der Waals surface area contributed by atoms with E-state index in [4.69, 9.17) is 15.2 Å². The van der Waals surface area contributed by atoms with Crippen LogP contribution in [0, 0.1) is 34.5 Å². The molecule has 4 aliphatic carbocycles. The van der Waals surface area contributed by atoms with E-state index in [-0.39, 0.29) is 12.2 Å². The Morgan fingerprint density at radius 3 is 2.41 bits per heavy atom. The van der Waals surface area contributed by atoms with Gasteiger partial charge in [-0.1, -0.05) is 25.5 Å². The second kappa shape index (κ2) is 5.83. The normalized spacial score (nSPS) is 57.7. The van der Waals surface area contributed by atoms with Crippen LogP contribution in [-0.4, -0.2) is 24.0 Å². The summed E-state index contributed by atoms with van der Waals surface area (Å²) in [5.41, 5.74) is 8.91. The van der Waals surface area contributed by atoms with Crippen molar-refractivity contribution in [1.82, 2.24) is 0 Å². The van der Waals surface area contributed by atoms with Crippen molar-refractivity contribution in [3.8, 4) is 0 Å². The topological polar surface area (TPSA) is 44.5 Å². The molecule has 0 bridgehead atoms. The minimum atomic E-state index is -0.456. The van der Waals surface area contributed by atoms with Gasteiger partial charge in [0.1, 0.15) is 0 Å². The highest BCUT2D eigenvalue weighted by Gasteiger charge is 2.67. The maximum absolute atomic E-state index is 6.69. The van der Waals surface area contributed by atoms with Crippen LogP contribution in [0.4, 0.5) is 0 Å². The highest BCUT2D eigenvalue weighted by Crippen LogP contribution is 2.69. The average molecular weight is 374 g/mol. The predicted octanol–water partition coefficient (Wildman–Crippen LogP) is 5.04. The molecule has 1 heterocycles. The van der Waals surface area contributed by atoms with Gasteiger partial charge in [0.2, 0.25) is 0 Å². The number of rotatable bonds is 0. The molecule has 0 radical (unpaired) electrons. The Hall–Kier alpha value is -0.380. The molecule has 5 aliphatic rings. The zero-order valence-corrected chi connectivity index (χ0v) is 18.0. The number of allylic oxidation sites excluding steroid dienone is 2. The first-order valence-corrected chi connectivity index (χ1v) is 11.5. The van der Waals surface area contributed by atoms with Crippen LogP contribution in [0.1, 0.15) is 79.6 Å². The highest BCUT2D eigenvalue weighted by molar-refractivity contribution is 5.25. The molecule has 152 valence electrons. The third kappa shape index (κ3) is 2.43. The van der Waals surface area contributed by atoms with Gasteiger partial charge >= 0.3 is 0 Å². The molecule has 5 rings (SSSR count). The fourth-order valence-electron chi connectivity index (χ4n) is 8.54. The lowest BCUT2D eigenvalue weighted by atomic mass is 9.43. The highest BCUT2D eigenvalue weighted by atomic mass is 16.8. The summed E-state index contributed by atoms with van der Waals surface area (Å²) in [5, 5.41) is 0. The Balaban J connectivity index is 1.59. The van der Waals surface area contributed by atoms with Crippen LogP contribution in [0.15, 0.2) is 11.6 Å². The zero-order chi connectivity index (χ0) is 19.2. The van der Waals surface area contributed by atoms with Crippen molar-refractivity contribution in [2.24, 2.45) is 40.2 Å². The van der Waals surface area contributed by atoms with Gasteiger partial charge in [-0.2, -0.15) is 0 Å². The molecule has 0 aromatic carbocycles. The van der Waals surface area contributed by atoms with Gasteiger partial charge in [0.15, 0.2) is 5.79 Å². The van der Waals surface area contributed by atoms with Crippen molar-refractivity contribution in [3.05, 3.63) is 11.6 Å². The Kier molecular flexibility index (Phi) is 4.02. The van der Waals surface area contributed by atoms with Gasteiger partial charge in [-0.25, -0.2) is 0 Å². The Bertz CT molecular complexity index is 657. The van der Waals surface area contributed by atoms with Crippen LogP contribution < -0.4 is 5.73 Å². The van der Waals surface area contributed by atoms with Crippen molar-refractivity contribution < 1.29 is 9.47 Å². The number of fused-ring (bicyclic) bond motifs is 8. The van der Waals surface area contributed by atoms with E-state index in [0.717, 1.165) is 18.3 Å². The maximum atomic E-state index is 6.69. The monoisotopic (exact) mass is 373 g/mol. The molecule has 3 nitrogen and oxygen atoms in total. The predicted molar refractivity (Wildman–Crippen MR) is 108 cm³/mol. The van der Waals surface area contributed by atoms with Crippen LogP contribution in [-0.2, 0) is 9.47 Å². The van der Waals surface area contributed by atoms with Crippen molar-refractivity contribution in [1.29, 1.82) is 0 Å². The Morgan fingerprint density at radius 2 is 1.67 bits per heavy atom. The summed E-state index contributed by atoms with van der Waals surface area (Å²) < 4.78 is 13.3. The third-order valence-electron chi connectivity index (χ3n) is 9.77. The molecular weight excluding hydrogens is 334 g/mol. The SMILES string of the molecule is C/C=C1\CCC2C3C(CC[C@]12C)[C@@]1(C)CC[C@@H](N)CC1[C@H]1OC(C)(C)O[C@H]31. The average Bonchev–Trinajstić information content (AvgIpc) is 3.11. The Labute approximate surface area is 165 Å². The molecule has 27 heavy (non-hydrogen) atoms. The lowest BCUT2D eigenvalue weighted by molar-refractivity contribution is -0.173. The van der Waals surface area contributed by atoms with Gasteiger partial charge in [0.05, 0.1) is 12.2 Å². The summed E-state index contributed by atoms with van der Waals surface area (Å²) in [6.07, 6.45) is 11.8. The molecule has 4 saturated carbocycles. The molecule has 0 spiro atoms. The van der Waals surface area contributed by atoms with Gasteiger partial charge in [0.25, 0.3) is 0 Å². The van der Waals surface area contributed by atoms with E-state index < -0.39 is 5.79 Å². The summed E-state index contributed by atoms with van der Waals surface area (Å²) in [6.45, 7) is 11.6. The van der Waals surface area contributed by atoms with Crippen LogP contribution in [0.5, 0.6) is 0 Å². The van der Waals surface area contributed by atoms with E-state index in [0.29, 0.717) is 28.7 Å². The number of hydrogen-bond donors (Lipinski definition) is 1. The minimum Gasteiger partial charge on any atom is -0.344 e. The van der Waals surface area contributed by atoms with Crippen molar-refractivity contribution in [2.45, 2.75) is 104 Å². The summed E-state index contributed by atoms with van der Waals surface area (Å²) in [6, 6.07) is 0.336. The molecule has 2 N–H and O–H groups in total. The lowest BCUT2D eigenvalue weighted by Crippen LogP contribution is -2.63. The zero-order valence-electron chi connectivity index (χ0n) is 18.0. The number of nitrogens with two attached hydrogens (primary N) is 1. The van der Waals surface area contributed by atoms with Gasteiger partial charge in [0, 0.05) is 6.04 Å². The second-order valence-corrected chi connectivity index (χ2v) is 11.3. The van der Waals surface area contributed by atoms with E-state index in [2.05, 4.69) is 40.7 Å². The smallest absolute Gasteiger partial charge is 0.163 e. The molecule has 0 amide bonds. The summed E-state index contributed by atoms with van der Waals surface area (Å²) in [5.74, 6) is 2.26. The molecule has 0 aromatic heterocycles. The van der Waals surface area contributed by atoms with Crippen molar-refractivity contribution >= 4 is 0 Å². The molecule has 1 aliphatic heterocycles. The van der Waals surface area contributed by atoms with Gasteiger partial charge in [-0.15, -0.1) is 0 Å². The van der Waals surface area contributed by atoms with Crippen LogP contribution in [0.3, 0.4) is 0 Å². The van der Waals surface area contributed by atoms with E-state index in [1.54, 1.807) is 5.57 Å². The van der Waals surface area contributed by atoms with Gasteiger partial charge < -0.3 is 15.2 Å². The first-order valence-electron chi connectivity index (χ1n) is 11.5. The molecule has 5 fully saturated rings. The summed E-state index contributed by atoms with van der Waals surface area (Å²) >= 11 is 0. The van der Waals surface area contributed by atoms with Gasteiger partial charge in [-0.05, 0) is 100 Å². The molecular formula is C24H39NO2. The standard InChI is InChI=1S/C24H39NO2/c1-6-14-7-8-16-19-17(10-12-23(14,16)4)24(5)11-9-15(25)13-18(24)20-21(19)27-22(2,3)26-20/h6,15-21H,7-13,25H2,1-5H3/b14-6+/t15-,16?,17?,18?,19?,20-,21-,23-,24-/m1/s1. The fourth-order valence-corrected chi connectivity index (χ4v) is 8.54. The second-order valence-electron chi connectivity index (χ2n) is 11.3. The quantitative estimate of drug-likeness (QED) is 0.605. The van der Waals surface area contributed by atoms with E-state index in [1.807, 2.05) is 0 Å². The molecule has 1 saturated heterocycles. The number of hydrogen-bond acceptors (Lipinski definition) is 3. The van der Waals surface area contributed by atoms with E-state index >= 15 is 0 Å². The summed E-state index contributed by atoms with van der Waals surface area (Å²) in [4.78, 5) is 0. The molecule has 3 heteroatoms. The first-order chi connectivity index (χ1) is 12.7. The molecule has 9 atom stereocenters. The van der Waals surface area contributed by atoms with Gasteiger partial charge in [-0.3, -0.25) is 0 Å². The largest absolute Gasteiger partial charge is 0.344 e. The fraction of sp³-hybridized carbons (Fsp3) is 0.917. The first kappa shape index (κ1) is 18.6. The molecule has 4 unspecified atom stereocenters. The Morgan fingerprint density at radius 1 is 0.926 bits per heavy atom. The number of ether oxygens (including phenoxy) is 2. The van der Waals surface area contributed by atoms with Crippen LogP contribution in [0.2, 0.25) is 0 Å². The van der Waals surface area contributed by atoms with Crippen LogP contribution >= 0.6 is 0 Å². The minimum absolute atomic E-state index is 0.231. The van der Waals surface area contributed by atoms with Crippen molar-refractivity contribution in [3.63, 3.8) is 0 Å².